The molecule has 2 aromatic rings. The Morgan fingerprint density at radius 3 is 3.14 bits per heavy atom. The first kappa shape index (κ1) is 7.94. The van der Waals surface area contributed by atoms with Gasteiger partial charge in [0, 0.05) is 17.6 Å². The molecule has 2 heteroatoms. The molecule has 70 valence electrons. The second kappa shape index (κ2) is 2.79. The molecule has 0 fully saturated rings. The lowest BCUT2D eigenvalue weighted by Crippen LogP contribution is -2.04. The van der Waals surface area contributed by atoms with Gasteiger partial charge in [0.25, 0.3) is 0 Å². The summed E-state index contributed by atoms with van der Waals surface area (Å²) in [6.45, 7) is 0. The van der Waals surface area contributed by atoms with E-state index in [1.807, 2.05) is 12.3 Å². The van der Waals surface area contributed by atoms with Crippen molar-refractivity contribution in [2.45, 2.75) is 18.9 Å². The number of rotatable bonds is 0. The van der Waals surface area contributed by atoms with Crippen LogP contribution in [-0.4, -0.2) is 4.98 Å². The third-order valence-electron chi connectivity index (χ3n) is 3.02. The van der Waals surface area contributed by atoms with Crippen LogP contribution < -0.4 is 5.73 Å². The molecule has 0 unspecified atom stereocenters. The second-order valence-electron chi connectivity index (χ2n) is 3.85. The van der Waals surface area contributed by atoms with Gasteiger partial charge in [0.2, 0.25) is 0 Å². The maximum Gasteiger partial charge on any atom is 0.0737 e. The summed E-state index contributed by atoms with van der Waals surface area (Å²) < 4.78 is 0. The molecule has 1 aliphatic carbocycles. The van der Waals surface area contributed by atoms with Gasteiger partial charge in [-0.25, -0.2) is 0 Å². The summed E-state index contributed by atoms with van der Waals surface area (Å²) in [4.78, 5) is 4.43. The molecule has 1 heterocycles. The fourth-order valence-corrected chi connectivity index (χ4v) is 2.29. The van der Waals surface area contributed by atoms with Crippen molar-refractivity contribution in [2.24, 2.45) is 5.73 Å². The number of nitrogens with zero attached hydrogens (tertiary/aromatic N) is 1. The minimum absolute atomic E-state index is 0.219. The number of pyridine rings is 1. The van der Waals surface area contributed by atoms with Crippen LogP contribution in [-0.2, 0) is 6.42 Å². The summed E-state index contributed by atoms with van der Waals surface area (Å²) in [5, 5.41) is 1.22. The van der Waals surface area contributed by atoms with Crippen LogP contribution in [0.4, 0.5) is 0 Å². The fourth-order valence-electron chi connectivity index (χ4n) is 2.29. The van der Waals surface area contributed by atoms with Gasteiger partial charge in [0.15, 0.2) is 0 Å². The highest BCUT2D eigenvalue weighted by Gasteiger charge is 2.20. The highest BCUT2D eigenvalue weighted by molar-refractivity contribution is 5.83. The molecule has 1 aromatic heterocycles. The van der Waals surface area contributed by atoms with E-state index in [9.17, 15) is 0 Å². The first-order chi connectivity index (χ1) is 6.86. The zero-order valence-electron chi connectivity index (χ0n) is 7.90. The summed E-state index contributed by atoms with van der Waals surface area (Å²) in [6, 6.07) is 8.57. The summed E-state index contributed by atoms with van der Waals surface area (Å²) in [7, 11) is 0. The number of nitrogens with two attached hydrogens (primary N) is 1. The molecular weight excluding hydrogens is 172 g/mol. The van der Waals surface area contributed by atoms with Gasteiger partial charge in [-0.2, -0.15) is 0 Å². The first-order valence-electron chi connectivity index (χ1n) is 4.98. The Labute approximate surface area is 82.8 Å². The monoisotopic (exact) mass is 184 g/mol. The van der Waals surface area contributed by atoms with Crippen molar-refractivity contribution >= 4 is 10.9 Å². The molecule has 0 bridgehead atoms. The number of hydrogen-bond donors (Lipinski definition) is 1. The molecule has 0 saturated carbocycles. The summed E-state index contributed by atoms with van der Waals surface area (Å²) in [5.41, 5.74) is 9.79. The molecule has 1 aliphatic rings. The summed E-state index contributed by atoms with van der Waals surface area (Å²) >= 11 is 0. The average molecular weight is 184 g/mol. The molecule has 0 aliphatic heterocycles. The number of hydrogen-bond acceptors (Lipinski definition) is 2. The van der Waals surface area contributed by atoms with Crippen LogP contribution in [0.3, 0.4) is 0 Å². The van der Waals surface area contributed by atoms with Gasteiger partial charge in [-0.3, -0.25) is 4.98 Å². The number of benzene rings is 1. The maximum atomic E-state index is 6.01. The number of aryl methyl sites for hydroxylation is 1. The van der Waals surface area contributed by atoms with Crippen LogP contribution >= 0.6 is 0 Å². The van der Waals surface area contributed by atoms with Gasteiger partial charge in [0.05, 0.1) is 5.52 Å². The standard InChI is InChI=1S/C12H12N2/c13-11-6-5-10-9(11)4-3-8-2-1-7-14-12(8)10/h1-4,7,11H,5-6,13H2/t11-/m1/s1. The van der Waals surface area contributed by atoms with Crippen LogP contribution in [0.5, 0.6) is 0 Å². The molecule has 14 heavy (non-hydrogen) atoms. The Morgan fingerprint density at radius 2 is 2.21 bits per heavy atom. The third-order valence-corrected chi connectivity index (χ3v) is 3.02. The SMILES string of the molecule is N[C@@H]1CCc2c1ccc1cccnc21. The molecule has 0 radical (unpaired) electrons. The van der Waals surface area contributed by atoms with Crippen LogP contribution in [0, 0.1) is 0 Å². The molecule has 1 atom stereocenters. The highest BCUT2D eigenvalue weighted by atomic mass is 14.7. The molecule has 3 rings (SSSR count). The van der Waals surface area contributed by atoms with Crippen LogP contribution in [0.2, 0.25) is 0 Å². The third kappa shape index (κ3) is 0.976. The van der Waals surface area contributed by atoms with E-state index >= 15 is 0 Å². The van der Waals surface area contributed by atoms with Crippen molar-refractivity contribution in [3.8, 4) is 0 Å². The van der Waals surface area contributed by atoms with E-state index in [4.69, 9.17) is 5.73 Å². The van der Waals surface area contributed by atoms with Crippen molar-refractivity contribution < 1.29 is 0 Å². The van der Waals surface area contributed by atoms with Crippen LogP contribution in [0.15, 0.2) is 30.5 Å². The number of aromatic nitrogens is 1. The van der Waals surface area contributed by atoms with Gasteiger partial charge in [-0.1, -0.05) is 18.2 Å². The van der Waals surface area contributed by atoms with Crippen LogP contribution in [0.1, 0.15) is 23.6 Å². The molecule has 1 aromatic carbocycles. The fraction of sp³-hybridized carbons (Fsp3) is 0.250. The van der Waals surface area contributed by atoms with Crippen molar-refractivity contribution in [2.75, 3.05) is 0 Å². The minimum atomic E-state index is 0.219. The second-order valence-corrected chi connectivity index (χ2v) is 3.85. The predicted molar refractivity (Wildman–Crippen MR) is 57.0 cm³/mol. The Bertz CT molecular complexity index is 491. The van der Waals surface area contributed by atoms with Gasteiger partial charge in [0.1, 0.15) is 0 Å². The predicted octanol–water partition coefficient (Wildman–Crippen LogP) is 2.18. The average Bonchev–Trinajstić information content (AvgIpc) is 2.61. The first-order valence-corrected chi connectivity index (χ1v) is 4.98. The normalized spacial score (nSPS) is 19.9. The molecule has 0 amide bonds. The van der Waals surface area contributed by atoms with Crippen LogP contribution in [0.25, 0.3) is 10.9 Å². The van der Waals surface area contributed by atoms with E-state index in [2.05, 4.69) is 23.2 Å². The van der Waals surface area contributed by atoms with E-state index in [0.717, 1.165) is 18.4 Å². The topological polar surface area (TPSA) is 38.9 Å². The Balaban J connectivity index is 2.38. The van der Waals surface area contributed by atoms with Crippen molar-refractivity contribution in [3.05, 3.63) is 41.6 Å². The smallest absolute Gasteiger partial charge is 0.0737 e. The Hall–Kier alpha value is -1.41. The van der Waals surface area contributed by atoms with Gasteiger partial charge < -0.3 is 5.73 Å². The minimum Gasteiger partial charge on any atom is -0.324 e. The largest absolute Gasteiger partial charge is 0.324 e. The zero-order valence-corrected chi connectivity index (χ0v) is 7.90. The van der Waals surface area contributed by atoms with E-state index in [1.165, 1.54) is 16.5 Å². The quantitative estimate of drug-likeness (QED) is 0.681. The Morgan fingerprint density at radius 1 is 1.29 bits per heavy atom. The van der Waals surface area contributed by atoms with E-state index in [0.29, 0.717) is 0 Å². The molecular formula is C12H12N2. The molecule has 2 N–H and O–H groups in total. The lowest BCUT2D eigenvalue weighted by Gasteiger charge is -2.06. The van der Waals surface area contributed by atoms with Gasteiger partial charge >= 0.3 is 0 Å². The zero-order chi connectivity index (χ0) is 9.54. The lowest BCUT2D eigenvalue weighted by molar-refractivity contribution is 0.713. The number of fused-ring (bicyclic) bond motifs is 3. The van der Waals surface area contributed by atoms with Crippen molar-refractivity contribution in [1.29, 1.82) is 0 Å². The Kier molecular flexibility index (Phi) is 1.58. The van der Waals surface area contributed by atoms with Gasteiger partial charge in [-0.05, 0) is 30.0 Å². The van der Waals surface area contributed by atoms with Crippen molar-refractivity contribution in [1.82, 2.24) is 4.98 Å². The maximum absolute atomic E-state index is 6.01. The lowest BCUT2D eigenvalue weighted by atomic mass is 10.0. The van der Waals surface area contributed by atoms with E-state index in [1.54, 1.807) is 0 Å². The molecule has 0 spiro atoms. The molecule has 2 nitrogen and oxygen atoms in total. The van der Waals surface area contributed by atoms with E-state index < -0.39 is 0 Å². The van der Waals surface area contributed by atoms with E-state index in [-0.39, 0.29) is 6.04 Å². The van der Waals surface area contributed by atoms with Crippen molar-refractivity contribution in [3.63, 3.8) is 0 Å². The summed E-state index contributed by atoms with van der Waals surface area (Å²) in [5.74, 6) is 0. The molecule has 0 saturated heterocycles. The van der Waals surface area contributed by atoms with Gasteiger partial charge in [-0.15, -0.1) is 0 Å². The summed E-state index contributed by atoms with van der Waals surface area (Å²) in [6.07, 6.45) is 3.99. The highest BCUT2D eigenvalue weighted by Crippen LogP contribution is 2.33.